The first-order valence-electron chi connectivity index (χ1n) is 27.3. The molecule has 14 N–H and O–H groups in total. The van der Waals surface area contributed by atoms with E-state index in [9.17, 15) is 70.2 Å². The molecule has 0 aromatic heterocycles. The highest BCUT2D eigenvalue weighted by Gasteiger charge is 2.51. The van der Waals surface area contributed by atoms with Crippen molar-refractivity contribution in [3.8, 4) is 0 Å². The van der Waals surface area contributed by atoms with E-state index in [0.717, 1.165) is 0 Å². The molecule has 0 spiro atoms. The van der Waals surface area contributed by atoms with Gasteiger partial charge in [-0.15, -0.1) is 0 Å². The number of aliphatic hydroxyl groups is 9. The van der Waals surface area contributed by atoms with E-state index in [-0.39, 0.29) is 80.7 Å². The Hall–Kier alpha value is -5.04. The van der Waals surface area contributed by atoms with Crippen molar-refractivity contribution in [3.63, 3.8) is 0 Å². The summed E-state index contributed by atoms with van der Waals surface area (Å²) in [6.45, 7) is 7.13. The molecule has 2 fully saturated rings. The number of benzene rings is 1. The molecule has 19 atom stereocenters. The second kappa shape index (κ2) is 33.0. The van der Waals surface area contributed by atoms with Crippen molar-refractivity contribution in [1.82, 2.24) is 0 Å². The number of allylic oxidation sites excluding steroid dienone is 12. The fourth-order valence-electron chi connectivity index (χ4n) is 10.1. The third-order valence-electron chi connectivity index (χ3n) is 14.5. The smallest absolute Gasteiger partial charge is 0.311 e. The van der Waals surface area contributed by atoms with Gasteiger partial charge in [-0.05, 0) is 75.1 Å². The Morgan fingerprint density at radius 1 is 0.759 bits per heavy atom. The average molecular weight is 1110 g/mol. The molecule has 440 valence electrons. The largest absolute Gasteiger partial charge is 0.481 e. The summed E-state index contributed by atoms with van der Waals surface area (Å²) in [6, 6.07) is 5.30. The van der Waals surface area contributed by atoms with E-state index in [1.165, 1.54) is 13.0 Å². The highest BCUT2D eigenvalue weighted by molar-refractivity contribution is 5.96. The lowest BCUT2D eigenvalue weighted by atomic mass is 9.82. The molecular weight excluding hydrogens is 1020 g/mol. The number of ketones is 2. The van der Waals surface area contributed by atoms with Gasteiger partial charge in [0.2, 0.25) is 0 Å². The molecule has 2 bridgehead atoms. The Kier molecular flexibility index (Phi) is 27.8. The number of cyclic esters (lactones) is 1. The van der Waals surface area contributed by atoms with Crippen LogP contribution in [0.4, 0.5) is 5.69 Å². The molecule has 0 aliphatic carbocycles. The van der Waals surface area contributed by atoms with Crippen LogP contribution >= 0.6 is 0 Å². The van der Waals surface area contributed by atoms with Gasteiger partial charge in [0.15, 0.2) is 17.9 Å². The predicted molar refractivity (Wildman–Crippen MR) is 293 cm³/mol. The Morgan fingerprint density at radius 3 is 1.95 bits per heavy atom. The summed E-state index contributed by atoms with van der Waals surface area (Å²) >= 11 is 0. The van der Waals surface area contributed by atoms with Gasteiger partial charge < -0.3 is 81.5 Å². The van der Waals surface area contributed by atoms with Crippen molar-refractivity contribution in [2.75, 3.05) is 5.73 Å². The van der Waals surface area contributed by atoms with Crippen LogP contribution in [0.3, 0.4) is 0 Å². The van der Waals surface area contributed by atoms with Gasteiger partial charge in [0.1, 0.15) is 23.9 Å². The molecule has 3 aliphatic heterocycles. The number of rotatable bonds is 10. The summed E-state index contributed by atoms with van der Waals surface area (Å²) < 4.78 is 23.8. The molecule has 0 saturated carbocycles. The summed E-state index contributed by atoms with van der Waals surface area (Å²) in [4.78, 5) is 51.7. The number of esters is 1. The number of hydrogen-bond acceptors (Lipinski definition) is 19. The number of aliphatic hydroxyl groups excluding tert-OH is 8. The summed E-state index contributed by atoms with van der Waals surface area (Å²) in [5.74, 6) is -7.63. The van der Waals surface area contributed by atoms with Crippen LogP contribution in [0.25, 0.3) is 0 Å². The van der Waals surface area contributed by atoms with Crippen LogP contribution < -0.4 is 11.5 Å². The van der Waals surface area contributed by atoms with Crippen LogP contribution in [0.2, 0.25) is 0 Å². The number of carbonyl (C=O) groups is 4. The molecule has 6 unspecified atom stereocenters. The SMILES string of the molecule is C[C@@H](C[C@H](C)[C@H]1OC(=O)CC(O)CCCC(=O)CC(O)CC(O)CC(O)C[C@]2(O)C[C@H](O)[C@@H](C(=O)O)[C@H](CC(O[C@@H]3O[C@H](C)[C@@H](O)[C@H](N)[C@H]3O)/C=C/C=C/C=C\C=C/C=C/C=C/C=C/[C@@H]1C)O2)C(O)CC(=O)c1ccc(N)cc1. The van der Waals surface area contributed by atoms with Gasteiger partial charge in [0, 0.05) is 55.7 Å². The van der Waals surface area contributed by atoms with E-state index in [1.54, 1.807) is 91.1 Å². The second-order valence-corrected chi connectivity index (χ2v) is 21.6. The first kappa shape index (κ1) is 66.5. The minimum atomic E-state index is -2.32. The number of nitrogens with two attached hydrogens (primary N) is 2. The Bertz CT molecular complexity index is 2280. The van der Waals surface area contributed by atoms with Crippen LogP contribution in [0.1, 0.15) is 115 Å². The molecular formula is C59H86N2O18. The van der Waals surface area contributed by atoms with Crippen LogP contribution in [0.15, 0.2) is 109 Å². The van der Waals surface area contributed by atoms with Crippen LogP contribution in [-0.2, 0) is 33.3 Å². The molecule has 3 aliphatic rings. The van der Waals surface area contributed by atoms with Crippen molar-refractivity contribution >= 4 is 29.2 Å². The molecule has 20 heteroatoms. The standard InChI is InChI=1S/C59H86N2O18/c1-35-18-15-13-11-9-7-5-6-8-10-12-14-16-21-46(77-58-55(72)53(61)54(71)38(4)76-58)31-50-52(57(73)74)49(69)34-59(75,79-50)33-45(66)29-44(65)28-43(64)27-41(62)19-17-20-42(63)30-51(70)78-56(35)37(3)26-36(2)47(67)32-48(68)39-22-24-40(60)25-23-39/h5-16,18,21-25,35-38,42-47,49-50,52-56,58,63-67,69,71-72,75H,17,19-20,26-34,60-61H2,1-4H3,(H,73,74)/b6-5-,9-7+,10-8-,13-11+,14-12+,18-15+,21-16+/t35-,36-,37-,38+,42?,43?,44?,45?,46?,47?,49-,50-,52+,53-,54+,55+,56-,58-,59+/m0/s1. The number of aliphatic carboxylic acids is 1. The number of carboxylic acid groups (broad SMARTS) is 1. The molecule has 1 aromatic carbocycles. The Morgan fingerprint density at radius 2 is 1.34 bits per heavy atom. The first-order valence-corrected chi connectivity index (χ1v) is 27.3. The summed E-state index contributed by atoms with van der Waals surface area (Å²) in [7, 11) is 0. The van der Waals surface area contributed by atoms with Crippen LogP contribution in [-0.4, -0.2) is 166 Å². The minimum Gasteiger partial charge on any atom is -0.481 e. The zero-order valence-corrected chi connectivity index (χ0v) is 45.7. The van der Waals surface area contributed by atoms with E-state index in [4.69, 9.17) is 30.4 Å². The van der Waals surface area contributed by atoms with Gasteiger partial charge in [-0.3, -0.25) is 19.2 Å². The number of Topliss-reactive ketones (excluding diaryl/α,β-unsaturated/α-hetero) is 2. The molecule has 20 nitrogen and oxygen atoms in total. The lowest BCUT2D eigenvalue weighted by Crippen LogP contribution is -2.61. The van der Waals surface area contributed by atoms with E-state index in [1.807, 2.05) is 32.9 Å². The third kappa shape index (κ3) is 22.8. The molecule has 1 aromatic rings. The van der Waals surface area contributed by atoms with Crippen molar-refractivity contribution < 1.29 is 89.2 Å². The maximum absolute atomic E-state index is 13.4. The number of hydrogen-bond donors (Lipinski definition) is 12. The van der Waals surface area contributed by atoms with E-state index in [0.29, 0.717) is 17.7 Å². The van der Waals surface area contributed by atoms with Gasteiger partial charge in [-0.2, -0.15) is 0 Å². The van der Waals surface area contributed by atoms with Crippen molar-refractivity contribution in [3.05, 3.63) is 115 Å². The average Bonchev–Trinajstić information content (AvgIpc) is 3.37. The summed E-state index contributed by atoms with van der Waals surface area (Å²) in [6.07, 6.45) is 5.48. The maximum atomic E-state index is 13.4. The molecule has 79 heavy (non-hydrogen) atoms. The molecule has 3 heterocycles. The zero-order chi connectivity index (χ0) is 58.4. The third-order valence-corrected chi connectivity index (χ3v) is 14.5. The highest BCUT2D eigenvalue weighted by Crippen LogP contribution is 2.38. The molecule has 4 rings (SSSR count). The number of fused-ring (bicyclic) bond motifs is 2. The van der Waals surface area contributed by atoms with Crippen molar-refractivity contribution in [1.29, 1.82) is 0 Å². The van der Waals surface area contributed by atoms with Crippen molar-refractivity contribution in [2.24, 2.45) is 29.4 Å². The van der Waals surface area contributed by atoms with Gasteiger partial charge in [0.05, 0.1) is 73.5 Å². The normalized spacial score (nSPS) is 37.9. The number of anilines is 1. The van der Waals surface area contributed by atoms with Crippen molar-refractivity contribution in [2.45, 2.75) is 196 Å². The predicted octanol–water partition coefficient (Wildman–Crippen LogP) is 3.56. The number of carboxylic acids is 1. The monoisotopic (exact) mass is 1110 g/mol. The number of carbonyl (C=O) groups excluding carboxylic acids is 3. The van der Waals surface area contributed by atoms with Gasteiger partial charge in [-0.1, -0.05) is 106 Å². The Labute approximate surface area is 463 Å². The Balaban J connectivity index is 1.53. The molecule has 0 radical (unpaired) electrons. The van der Waals surface area contributed by atoms with Crippen LogP contribution in [0.5, 0.6) is 0 Å². The molecule has 0 amide bonds. The summed E-state index contributed by atoms with van der Waals surface area (Å²) in [5, 5.41) is 109. The molecule has 2 saturated heterocycles. The van der Waals surface area contributed by atoms with Gasteiger partial charge in [0.25, 0.3) is 0 Å². The van der Waals surface area contributed by atoms with E-state index >= 15 is 0 Å². The highest BCUT2D eigenvalue weighted by atomic mass is 16.7. The fourth-order valence-corrected chi connectivity index (χ4v) is 10.1. The lowest BCUT2D eigenvalue weighted by molar-refractivity contribution is -0.308. The minimum absolute atomic E-state index is 0.0582. The van der Waals surface area contributed by atoms with Gasteiger partial charge in [-0.25, -0.2) is 0 Å². The van der Waals surface area contributed by atoms with E-state index < -0.39 is 128 Å². The zero-order valence-electron chi connectivity index (χ0n) is 45.7. The maximum Gasteiger partial charge on any atom is 0.311 e. The quantitative estimate of drug-likeness (QED) is 0.0905. The first-order chi connectivity index (χ1) is 37.4. The number of ether oxygens (including phenoxy) is 4. The lowest BCUT2D eigenvalue weighted by Gasteiger charge is -2.45. The van der Waals surface area contributed by atoms with Crippen LogP contribution in [0, 0.1) is 23.7 Å². The number of nitrogen functional groups attached to an aromatic ring is 1. The van der Waals surface area contributed by atoms with Gasteiger partial charge >= 0.3 is 11.9 Å². The summed E-state index contributed by atoms with van der Waals surface area (Å²) in [5.41, 5.74) is 12.8. The second-order valence-electron chi connectivity index (χ2n) is 21.6. The van der Waals surface area contributed by atoms with E-state index in [2.05, 4.69) is 0 Å². The topological polar surface area (TPSA) is 360 Å². The fraction of sp³-hybridized carbons (Fsp3) is 0.593.